The molecule has 2 aromatic rings. The summed E-state index contributed by atoms with van der Waals surface area (Å²) in [6.45, 7) is 5.20. The van der Waals surface area contributed by atoms with Crippen LogP contribution in [0.1, 0.15) is 31.4 Å². The minimum atomic E-state index is -0.362. The minimum Gasteiger partial charge on any atom is -0.493 e. The molecule has 0 bridgehead atoms. The van der Waals surface area contributed by atoms with Crippen LogP contribution in [-0.4, -0.2) is 13.2 Å². The molecule has 1 N–H and O–H groups in total. The van der Waals surface area contributed by atoms with Gasteiger partial charge in [0.05, 0.1) is 12.1 Å². The Morgan fingerprint density at radius 3 is 2.67 bits per heavy atom. The molecule has 24 heavy (non-hydrogen) atoms. The summed E-state index contributed by atoms with van der Waals surface area (Å²) in [5, 5.41) is 3.80. The molecule has 0 saturated heterocycles. The van der Waals surface area contributed by atoms with E-state index in [9.17, 15) is 4.39 Å². The second-order valence-corrected chi connectivity index (χ2v) is 6.07. The first-order valence-corrected chi connectivity index (χ1v) is 8.39. The largest absolute Gasteiger partial charge is 0.493 e. The second kappa shape index (κ2) is 8.90. The van der Waals surface area contributed by atoms with E-state index in [1.54, 1.807) is 13.2 Å². The van der Waals surface area contributed by atoms with Crippen molar-refractivity contribution in [3.8, 4) is 11.5 Å². The van der Waals surface area contributed by atoms with Crippen LogP contribution in [0.15, 0.2) is 36.4 Å². The minimum absolute atomic E-state index is 0.246. The first kappa shape index (κ1) is 18.6. The number of hydrogen-bond donors (Lipinski definition) is 1. The van der Waals surface area contributed by atoms with Gasteiger partial charge in [-0.3, -0.25) is 0 Å². The monoisotopic (exact) mass is 351 g/mol. The molecule has 2 rings (SSSR count). The average Bonchev–Trinajstić information content (AvgIpc) is 2.59. The first-order valence-electron chi connectivity index (χ1n) is 8.01. The number of benzene rings is 2. The van der Waals surface area contributed by atoms with Crippen molar-refractivity contribution in [3.05, 3.63) is 58.4 Å². The fraction of sp³-hybridized carbons (Fsp3) is 0.368. The van der Waals surface area contributed by atoms with Crippen LogP contribution in [0.25, 0.3) is 0 Å². The van der Waals surface area contributed by atoms with Crippen LogP contribution in [0.2, 0.25) is 5.02 Å². The molecule has 0 unspecified atom stereocenters. The van der Waals surface area contributed by atoms with Crippen LogP contribution >= 0.6 is 11.6 Å². The highest BCUT2D eigenvalue weighted by molar-refractivity contribution is 6.31. The Morgan fingerprint density at radius 1 is 1.21 bits per heavy atom. The van der Waals surface area contributed by atoms with Crippen LogP contribution in [0.5, 0.6) is 11.5 Å². The Labute approximate surface area is 147 Å². The lowest BCUT2D eigenvalue weighted by Gasteiger charge is -2.17. The Balaban J connectivity index is 2.17. The zero-order chi connectivity index (χ0) is 17.5. The van der Waals surface area contributed by atoms with E-state index in [2.05, 4.69) is 19.2 Å². The lowest BCUT2D eigenvalue weighted by atomic mass is 10.1. The van der Waals surface area contributed by atoms with Gasteiger partial charge in [-0.05, 0) is 31.5 Å². The number of para-hydroxylation sites is 1. The molecular formula is C19H23ClFNO2. The number of ether oxygens (including phenoxy) is 2. The molecular weight excluding hydrogens is 329 g/mol. The van der Waals surface area contributed by atoms with Crippen molar-refractivity contribution >= 4 is 11.6 Å². The average molecular weight is 352 g/mol. The molecule has 0 aliphatic carbocycles. The van der Waals surface area contributed by atoms with Gasteiger partial charge in [0.2, 0.25) is 0 Å². The summed E-state index contributed by atoms with van der Waals surface area (Å²) < 4.78 is 24.5. The van der Waals surface area contributed by atoms with E-state index in [1.807, 2.05) is 18.2 Å². The molecule has 0 amide bonds. The second-order valence-electron chi connectivity index (χ2n) is 5.66. The van der Waals surface area contributed by atoms with Gasteiger partial charge >= 0.3 is 0 Å². The summed E-state index contributed by atoms with van der Waals surface area (Å²) >= 11 is 6.07. The number of rotatable bonds is 8. The third-order valence-corrected chi connectivity index (χ3v) is 4.27. The fourth-order valence-electron chi connectivity index (χ4n) is 2.24. The summed E-state index contributed by atoms with van der Waals surface area (Å²) in [7, 11) is 1.61. The maximum Gasteiger partial charge on any atom is 0.166 e. The van der Waals surface area contributed by atoms with Gasteiger partial charge in [-0.25, -0.2) is 4.39 Å². The quantitative estimate of drug-likeness (QED) is 0.729. The molecule has 3 nitrogen and oxygen atoms in total. The molecule has 0 saturated carbocycles. The van der Waals surface area contributed by atoms with Crippen molar-refractivity contribution in [2.45, 2.75) is 39.5 Å². The molecule has 130 valence electrons. The topological polar surface area (TPSA) is 30.5 Å². The molecule has 5 heteroatoms. The lowest BCUT2D eigenvalue weighted by Crippen LogP contribution is -2.24. The van der Waals surface area contributed by atoms with Gasteiger partial charge < -0.3 is 14.8 Å². The number of hydrogen-bond acceptors (Lipinski definition) is 3. The SMILES string of the molecule is CC[C@@H](C)NCc1cccc(OC)c1OCc1ccc(F)cc1Cl. The van der Waals surface area contributed by atoms with Gasteiger partial charge in [0, 0.05) is 23.7 Å². The van der Waals surface area contributed by atoms with E-state index in [0.717, 1.165) is 17.5 Å². The van der Waals surface area contributed by atoms with E-state index >= 15 is 0 Å². The van der Waals surface area contributed by atoms with Gasteiger partial charge in [0.1, 0.15) is 12.4 Å². The smallest absolute Gasteiger partial charge is 0.166 e. The number of nitrogens with one attached hydrogen (secondary N) is 1. The van der Waals surface area contributed by atoms with Gasteiger partial charge in [0.25, 0.3) is 0 Å². The van der Waals surface area contributed by atoms with E-state index in [0.29, 0.717) is 29.1 Å². The molecule has 0 aromatic heterocycles. The molecule has 0 heterocycles. The van der Waals surface area contributed by atoms with Crippen molar-refractivity contribution in [3.63, 3.8) is 0 Å². The predicted octanol–water partition coefficient (Wildman–Crippen LogP) is 4.95. The van der Waals surface area contributed by atoms with Crippen LogP contribution in [0, 0.1) is 5.82 Å². The number of methoxy groups -OCH3 is 1. The van der Waals surface area contributed by atoms with Crippen LogP contribution in [-0.2, 0) is 13.2 Å². The summed E-state index contributed by atoms with van der Waals surface area (Å²) in [5.74, 6) is 0.979. The van der Waals surface area contributed by atoms with E-state index < -0.39 is 0 Å². The molecule has 0 aliphatic rings. The van der Waals surface area contributed by atoms with Gasteiger partial charge in [-0.15, -0.1) is 0 Å². The highest BCUT2D eigenvalue weighted by Crippen LogP contribution is 2.32. The Morgan fingerprint density at radius 2 is 2.00 bits per heavy atom. The normalized spacial score (nSPS) is 12.0. The first-order chi connectivity index (χ1) is 11.5. The van der Waals surface area contributed by atoms with Crippen molar-refractivity contribution in [2.75, 3.05) is 7.11 Å². The summed E-state index contributed by atoms with van der Waals surface area (Å²) in [5.41, 5.74) is 1.73. The summed E-state index contributed by atoms with van der Waals surface area (Å²) in [6, 6.07) is 10.5. The predicted molar refractivity (Wildman–Crippen MR) is 95.3 cm³/mol. The maximum atomic E-state index is 13.1. The third kappa shape index (κ3) is 4.86. The Hall–Kier alpha value is -1.78. The van der Waals surface area contributed by atoms with E-state index in [4.69, 9.17) is 21.1 Å². The number of halogens is 2. The van der Waals surface area contributed by atoms with Gasteiger partial charge in [-0.2, -0.15) is 0 Å². The molecule has 1 atom stereocenters. The Kier molecular flexibility index (Phi) is 6.88. The van der Waals surface area contributed by atoms with Gasteiger partial charge in [-0.1, -0.05) is 36.7 Å². The zero-order valence-electron chi connectivity index (χ0n) is 14.2. The molecule has 0 aliphatic heterocycles. The summed E-state index contributed by atoms with van der Waals surface area (Å²) in [4.78, 5) is 0. The van der Waals surface area contributed by atoms with Crippen molar-refractivity contribution in [2.24, 2.45) is 0 Å². The zero-order valence-corrected chi connectivity index (χ0v) is 15.0. The highest BCUT2D eigenvalue weighted by Gasteiger charge is 2.12. The highest BCUT2D eigenvalue weighted by atomic mass is 35.5. The van der Waals surface area contributed by atoms with Crippen molar-refractivity contribution in [1.82, 2.24) is 5.32 Å². The van der Waals surface area contributed by atoms with Crippen molar-refractivity contribution < 1.29 is 13.9 Å². The van der Waals surface area contributed by atoms with E-state index in [1.165, 1.54) is 12.1 Å². The molecule has 0 radical (unpaired) electrons. The van der Waals surface area contributed by atoms with Crippen LogP contribution in [0.3, 0.4) is 0 Å². The fourth-order valence-corrected chi connectivity index (χ4v) is 2.46. The van der Waals surface area contributed by atoms with Gasteiger partial charge in [0.15, 0.2) is 11.5 Å². The molecule has 0 spiro atoms. The van der Waals surface area contributed by atoms with E-state index in [-0.39, 0.29) is 12.4 Å². The molecule has 0 fully saturated rings. The third-order valence-electron chi connectivity index (χ3n) is 3.92. The standard InChI is InChI=1S/C19H23ClFNO2/c1-4-13(2)22-11-14-6-5-7-18(23-3)19(14)24-12-15-8-9-16(21)10-17(15)20/h5-10,13,22H,4,11-12H2,1-3H3/t13-/m1/s1. The van der Waals surface area contributed by atoms with Crippen LogP contribution < -0.4 is 14.8 Å². The van der Waals surface area contributed by atoms with Crippen molar-refractivity contribution in [1.29, 1.82) is 0 Å². The Bertz CT molecular complexity index is 678. The maximum absolute atomic E-state index is 13.1. The lowest BCUT2D eigenvalue weighted by molar-refractivity contribution is 0.280. The summed E-state index contributed by atoms with van der Waals surface area (Å²) in [6.07, 6.45) is 1.05. The molecule has 2 aromatic carbocycles. The van der Waals surface area contributed by atoms with Crippen LogP contribution in [0.4, 0.5) is 4.39 Å².